The third kappa shape index (κ3) is 6.38. The van der Waals surface area contributed by atoms with Crippen molar-refractivity contribution in [2.24, 2.45) is 11.5 Å². The fraction of sp³-hybridized carbons (Fsp3) is 0.161. The van der Waals surface area contributed by atoms with E-state index >= 15 is 0 Å². The molecule has 4 rings (SSSR count). The van der Waals surface area contributed by atoms with Crippen LogP contribution in [0.15, 0.2) is 109 Å². The Morgan fingerprint density at radius 3 is 1.26 bits per heavy atom. The van der Waals surface area contributed by atoms with Crippen molar-refractivity contribution in [2.75, 3.05) is 26.3 Å². The highest BCUT2D eigenvalue weighted by Crippen LogP contribution is 2.37. The van der Waals surface area contributed by atoms with E-state index < -0.39 is 0 Å². The lowest BCUT2D eigenvalue weighted by atomic mass is 9.86. The van der Waals surface area contributed by atoms with Crippen LogP contribution in [0.2, 0.25) is 0 Å². The topological polar surface area (TPSA) is 70.5 Å². The molecule has 4 aromatic carbocycles. The van der Waals surface area contributed by atoms with Crippen molar-refractivity contribution in [1.82, 2.24) is 0 Å². The van der Waals surface area contributed by atoms with E-state index in [1.54, 1.807) is 0 Å². The van der Waals surface area contributed by atoms with E-state index in [2.05, 4.69) is 72.8 Å². The van der Waals surface area contributed by atoms with E-state index in [1.165, 1.54) is 0 Å². The van der Waals surface area contributed by atoms with Crippen LogP contribution in [-0.2, 0) is 0 Å². The zero-order valence-corrected chi connectivity index (χ0v) is 19.9. The quantitative estimate of drug-likeness (QED) is 0.219. The fourth-order valence-corrected chi connectivity index (χ4v) is 4.01. The van der Waals surface area contributed by atoms with Crippen molar-refractivity contribution in [3.05, 3.63) is 131 Å². The zero-order valence-electron chi connectivity index (χ0n) is 19.9. The standard InChI is InChI=1S/C31H32N2O2/c32-20-7-22-34-28-16-12-26(13-17-28)30(24-8-3-1-4-9-24)31(25-10-5-2-6-11-25)27-14-18-29(19-15-27)35-23-21-33/h1-6,8-19H,7,20-23,32-33H2/b31-30+. The molecule has 0 bridgehead atoms. The summed E-state index contributed by atoms with van der Waals surface area (Å²) in [5, 5.41) is 0. The van der Waals surface area contributed by atoms with Crippen LogP contribution in [0.1, 0.15) is 28.7 Å². The molecule has 0 aliphatic heterocycles. The molecule has 4 N–H and O–H groups in total. The first kappa shape index (κ1) is 24.3. The summed E-state index contributed by atoms with van der Waals surface area (Å²) in [5.74, 6) is 1.66. The van der Waals surface area contributed by atoms with Crippen molar-refractivity contribution >= 4 is 11.1 Å². The lowest BCUT2D eigenvalue weighted by Gasteiger charge is -2.19. The molecule has 0 spiro atoms. The van der Waals surface area contributed by atoms with E-state index in [1.807, 2.05) is 36.4 Å². The highest BCUT2D eigenvalue weighted by Gasteiger charge is 2.16. The first-order valence-electron chi connectivity index (χ1n) is 12.0. The Bertz CT molecular complexity index is 1200. The van der Waals surface area contributed by atoms with Gasteiger partial charge in [-0.3, -0.25) is 0 Å². The molecule has 4 heteroatoms. The van der Waals surface area contributed by atoms with E-state index in [0.29, 0.717) is 26.3 Å². The number of ether oxygens (including phenoxy) is 2. The Morgan fingerprint density at radius 2 is 0.857 bits per heavy atom. The maximum atomic E-state index is 5.84. The van der Waals surface area contributed by atoms with Gasteiger partial charge < -0.3 is 20.9 Å². The van der Waals surface area contributed by atoms with E-state index in [0.717, 1.165) is 51.3 Å². The summed E-state index contributed by atoms with van der Waals surface area (Å²) >= 11 is 0. The molecule has 0 saturated carbocycles. The average Bonchev–Trinajstić information content (AvgIpc) is 2.92. The van der Waals surface area contributed by atoms with Gasteiger partial charge in [0.1, 0.15) is 18.1 Å². The lowest BCUT2D eigenvalue weighted by molar-refractivity contribution is 0.313. The zero-order chi connectivity index (χ0) is 24.3. The van der Waals surface area contributed by atoms with Crippen LogP contribution in [0.5, 0.6) is 11.5 Å². The van der Waals surface area contributed by atoms with Gasteiger partial charge in [0.2, 0.25) is 0 Å². The largest absolute Gasteiger partial charge is 0.494 e. The van der Waals surface area contributed by atoms with Gasteiger partial charge in [0.25, 0.3) is 0 Å². The van der Waals surface area contributed by atoms with Crippen LogP contribution < -0.4 is 20.9 Å². The Labute approximate surface area is 207 Å². The molecule has 4 nitrogen and oxygen atoms in total. The summed E-state index contributed by atoms with van der Waals surface area (Å²) < 4.78 is 11.6. The second-order valence-corrected chi connectivity index (χ2v) is 8.16. The van der Waals surface area contributed by atoms with Crippen molar-refractivity contribution in [1.29, 1.82) is 0 Å². The highest BCUT2D eigenvalue weighted by molar-refractivity contribution is 6.04. The Kier molecular flexibility index (Phi) is 8.71. The van der Waals surface area contributed by atoms with Gasteiger partial charge in [0.05, 0.1) is 6.61 Å². The molecule has 0 radical (unpaired) electrons. The van der Waals surface area contributed by atoms with Crippen molar-refractivity contribution in [3.63, 3.8) is 0 Å². The fourth-order valence-electron chi connectivity index (χ4n) is 4.01. The van der Waals surface area contributed by atoms with Gasteiger partial charge in [-0.2, -0.15) is 0 Å². The molecule has 4 aromatic rings. The first-order valence-corrected chi connectivity index (χ1v) is 12.0. The predicted molar refractivity (Wildman–Crippen MR) is 145 cm³/mol. The third-order valence-corrected chi connectivity index (χ3v) is 5.66. The number of hydrogen-bond donors (Lipinski definition) is 2. The Balaban J connectivity index is 1.86. The maximum Gasteiger partial charge on any atom is 0.119 e. The van der Waals surface area contributed by atoms with Crippen molar-refractivity contribution in [2.45, 2.75) is 6.42 Å². The molecule has 0 atom stereocenters. The average molecular weight is 465 g/mol. The number of hydrogen-bond acceptors (Lipinski definition) is 4. The molecule has 178 valence electrons. The van der Waals surface area contributed by atoms with Gasteiger partial charge in [0, 0.05) is 6.54 Å². The minimum Gasteiger partial charge on any atom is -0.494 e. The summed E-state index contributed by atoms with van der Waals surface area (Å²) in [6, 6.07) is 37.6. The molecule has 0 fully saturated rings. The summed E-state index contributed by atoms with van der Waals surface area (Å²) in [7, 11) is 0. The SMILES string of the molecule is NCCCOc1ccc(/C(=C(\c2ccccc2)c2ccc(OCCN)cc2)c2ccccc2)cc1. The number of nitrogens with two attached hydrogens (primary N) is 2. The second kappa shape index (κ2) is 12.6. The van der Waals surface area contributed by atoms with Crippen LogP contribution in [-0.4, -0.2) is 26.3 Å². The van der Waals surface area contributed by atoms with Gasteiger partial charge in [0.15, 0.2) is 0 Å². The van der Waals surface area contributed by atoms with Crippen LogP contribution >= 0.6 is 0 Å². The smallest absolute Gasteiger partial charge is 0.119 e. The van der Waals surface area contributed by atoms with Gasteiger partial charge in [-0.15, -0.1) is 0 Å². The highest BCUT2D eigenvalue weighted by atomic mass is 16.5. The normalized spacial score (nSPS) is 11.6. The summed E-state index contributed by atoms with van der Waals surface area (Å²) in [6.07, 6.45) is 0.833. The van der Waals surface area contributed by atoms with Gasteiger partial charge in [-0.1, -0.05) is 84.9 Å². The molecule has 0 aliphatic carbocycles. The van der Waals surface area contributed by atoms with E-state index in [4.69, 9.17) is 20.9 Å². The molecular weight excluding hydrogens is 432 g/mol. The molecule has 35 heavy (non-hydrogen) atoms. The maximum absolute atomic E-state index is 5.84. The molecule has 0 unspecified atom stereocenters. The van der Waals surface area contributed by atoms with Gasteiger partial charge in [-0.25, -0.2) is 0 Å². The van der Waals surface area contributed by atoms with Crippen molar-refractivity contribution in [3.8, 4) is 11.5 Å². The van der Waals surface area contributed by atoms with Crippen LogP contribution in [0.4, 0.5) is 0 Å². The van der Waals surface area contributed by atoms with E-state index in [9.17, 15) is 0 Å². The van der Waals surface area contributed by atoms with E-state index in [-0.39, 0.29) is 0 Å². The molecule has 0 amide bonds. The molecular formula is C31H32N2O2. The lowest BCUT2D eigenvalue weighted by Crippen LogP contribution is -2.10. The van der Waals surface area contributed by atoms with Gasteiger partial charge in [-0.05, 0) is 70.6 Å². The summed E-state index contributed by atoms with van der Waals surface area (Å²) in [4.78, 5) is 0. The minimum atomic E-state index is 0.487. The predicted octanol–water partition coefficient (Wildman–Crippen LogP) is 5.76. The third-order valence-electron chi connectivity index (χ3n) is 5.66. The Hall–Kier alpha value is -3.86. The first-order chi connectivity index (χ1) is 17.3. The number of rotatable bonds is 11. The van der Waals surface area contributed by atoms with Crippen LogP contribution in [0, 0.1) is 0 Å². The van der Waals surface area contributed by atoms with Crippen LogP contribution in [0.3, 0.4) is 0 Å². The molecule has 0 heterocycles. The molecule has 0 aliphatic rings. The molecule has 0 aromatic heterocycles. The van der Waals surface area contributed by atoms with Crippen LogP contribution in [0.25, 0.3) is 11.1 Å². The Morgan fingerprint density at radius 1 is 0.457 bits per heavy atom. The number of benzene rings is 4. The molecule has 0 saturated heterocycles. The van der Waals surface area contributed by atoms with Gasteiger partial charge >= 0.3 is 0 Å². The summed E-state index contributed by atoms with van der Waals surface area (Å²) in [5.41, 5.74) is 18.0. The summed E-state index contributed by atoms with van der Waals surface area (Å²) in [6.45, 7) is 2.22. The minimum absolute atomic E-state index is 0.487. The second-order valence-electron chi connectivity index (χ2n) is 8.16. The monoisotopic (exact) mass is 464 g/mol. The van der Waals surface area contributed by atoms with Crippen molar-refractivity contribution < 1.29 is 9.47 Å².